The van der Waals surface area contributed by atoms with Gasteiger partial charge in [-0.25, -0.2) is 21.9 Å². The number of benzene rings is 2. The molecule has 0 aliphatic carbocycles. The van der Waals surface area contributed by atoms with E-state index in [0.717, 1.165) is 12.1 Å². The molecule has 21 heavy (non-hydrogen) atoms. The van der Waals surface area contributed by atoms with Gasteiger partial charge in [0.2, 0.25) is 10.0 Å². The number of nitrogens with one attached hydrogen (secondary N) is 1. The van der Waals surface area contributed by atoms with E-state index in [9.17, 15) is 17.2 Å². The van der Waals surface area contributed by atoms with Crippen molar-refractivity contribution >= 4 is 27.3 Å². The summed E-state index contributed by atoms with van der Waals surface area (Å²) in [5.41, 5.74) is 5.89. The molecule has 112 valence electrons. The molecule has 0 fully saturated rings. The third-order valence-corrected chi connectivity index (χ3v) is 4.42. The monoisotopic (exact) mass is 332 g/mol. The van der Waals surface area contributed by atoms with Crippen molar-refractivity contribution in [3.63, 3.8) is 0 Å². The van der Waals surface area contributed by atoms with E-state index in [4.69, 9.17) is 17.3 Å². The highest BCUT2D eigenvalue weighted by Crippen LogP contribution is 2.22. The Morgan fingerprint density at radius 3 is 2.43 bits per heavy atom. The first-order chi connectivity index (χ1) is 9.79. The predicted molar refractivity (Wildman–Crippen MR) is 76.2 cm³/mol. The van der Waals surface area contributed by atoms with E-state index in [1.165, 1.54) is 24.3 Å². The van der Waals surface area contributed by atoms with E-state index < -0.39 is 21.7 Å². The van der Waals surface area contributed by atoms with Gasteiger partial charge in [0.25, 0.3) is 0 Å². The predicted octanol–water partition coefficient (Wildman–Crippen LogP) is 2.68. The Morgan fingerprint density at radius 2 is 1.81 bits per heavy atom. The van der Waals surface area contributed by atoms with Gasteiger partial charge in [-0.15, -0.1) is 0 Å². The van der Waals surface area contributed by atoms with Crippen LogP contribution in [0.25, 0.3) is 0 Å². The van der Waals surface area contributed by atoms with Crippen LogP contribution in [0.1, 0.15) is 5.56 Å². The Hall–Kier alpha value is -1.70. The van der Waals surface area contributed by atoms with Crippen LogP contribution in [0.2, 0.25) is 5.02 Å². The van der Waals surface area contributed by atoms with E-state index in [0.29, 0.717) is 5.02 Å². The van der Waals surface area contributed by atoms with Crippen molar-refractivity contribution in [3.05, 3.63) is 58.6 Å². The number of anilines is 1. The maximum atomic E-state index is 13.0. The fourth-order valence-electron chi connectivity index (χ4n) is 1.67. The minimum absolute atomic E-state index is 0.000265. The summed E-state index contributed by atoms with van der Waals surface area (Å²) < 4.78 is 52.3. The van der Waals surface area contributed by atoms with Gasteiger partial charge in [0.1, 0.15) is 4.90 Å². The summed E-state index contributed by atoms with van der Waals surface area (Å²) in [4.78, 5) is -0.130. The molecule has 0 amide bonds. The quantitative estimate of drug-likeness (QED) is 0.845. The molecule has 0 aliphatic rings. The second-order valence-corrected chi connectivity index (χ2v) is 6.43. The summed E-state index contributed by atoms with van der Waals surface area (Å²) in [6.45, 7) is -0.193. The average Bonchev–Trinajstić information content (AvgIpc) is 2.40. The molecule has 0 spiro atoms. The summed E-state index contributed by atoms with van der Waals surface area (Å²) in [5, 5.41) is 0.312. The van der Waals surface area contributed by atoms with Crippen LogP contribution in [-0.2, 0) is 16.6 Å². The highest BCUT2D eigenvalue weighted by Gasteiger charge is 2.17. The zero-order valence-corrected chi connectivity index (χ0v) is 12.2. The summed E-state index contributed by atoms with van der Waals surface area (Å²) in [5.74, 6) is -2.04. The second kappa shape index (κ2) is 5.97. The molecule has 8 heteroatoms. The van der Waals surface area contributed by atoms with Crippen molar-refractivity contribution in [2.75, 3.05) is 5.73 Å². The summed E-state index contributed by atoms with van der Waals surface area (Å²) >= 11 is 5.70. The van der Waals surface area contributed by atoms with Gasteiger partial charge in [-0.2, -0.15) is 0 Å². The van der Waals surface area contributed by atoms with E-state index in [1.54, 1.807) is 0 Å². The van der Waals surface area contributed by atoms with E-state index in [-0.39, 0.29) is 22.7 Å². The van der Waals surface area contributed by atoms with Gasteiger partial charge >= 0.3 is 0 Å². The molecule has 0 bridgehead atoms. The highest BCUT2D eigenvalue weighted by atomic mass is 35.5. The first kappa shape index (κ1) is 15.7. The Kier molecular flexibility index (Phi) is 4.46. The lowest BCUT2D eigenvalue weighted by Crippen LogP contribution is -2.24. The third kappa shape index (κ3) is 3.69. The zero-order valence-electron chi connectivity index (χ0n) is 10.6. The molecule has 0 unspecified atom stereocenters. The lowest BCUT2D eigenvalue weighted by Gasteiger charge is -2.09. The Bertz CT molecular complexity index is 782. The molecular weight excluding hydrogens is 322 g/mol. The normalized spacial score (nSPS) is 11.6. The molecule has 0 saturated carbocycles. The number of hydrogen-bond donors (Lipinski definition) is 2. The van der Waals surface area contributed by atoms with Crippen molar-refractivity contribution in [1.82, 2.24) is 4.72 Å². The van der Waals surface area contributed by atoms with Gasteiger partial charge < -0.3 is 5.73 Å². The molecule has 2 rings (SSSR count). The summed E-state index contributed by atoms with van der Waals surface area (Å²) in [6.07, 6.45) is 0. The smallest absolute Gasteiger partial charge is 0.242 e. The van der Waals surface area contributed by atoms with Crippen LogP contribution < -0.4 is 10.5 Å². The zero-order chi connectivity index (χ0) is 15.6. The molecule has 2 aromatic rings. The van der Waals surface area contributed by atoms with E-state index >= 15 is 0 Å². The summed E-state index contributed by atoms with van der Waals surface area (Å²) in [6, 6.07) is 7.10. The van der Waals surface area contributed by atoms with Gasteiger partial charge in [-0.3, -0.25) is 0 Å². The van der Waals surface area contributed by atoms with Gasteiger partial charge in [-0.05, 0) is 35.9 Å². The van der Waals surface area contributed by atoms with Gasteiger partial charge in [-0.1, -0.05) is 17.7 Å². The lowest BCUT2D eigenvalue weighted by atomic mass is 10.2. The topological polar surface area (TPSA) is 72.2 Å². The van der Waals surface area contributed by atoms with Crippen LogP contribution in [0.4, 0.5) is 14.5 Å². The number of hydrogen-bond acceptors (Lipinski definition) is 3. The molecule has 0 saturated heterocycles. The molecule has 2 aromatic carbocycles. The molecule has 0 aromatic heterocycles. The van der Waals surface area contributed by atoms with Crippen LogP contribution in [0.3, 0.4) is 0 Å². The van der Waals surface area contributed by atoms with Crippen molar-refractivity contribution in [1.29, 1.82) is 0 Å². The standard InChI is InChI=1S/C13H11ClF2N2O2S/c14-9-2-4-13(12(17)6-9)21(19,20)18-7-8-1-3-10(15)11(16)5-8/h1-6,18H,7,17H2. The first-order valence-electron chi connectivity index (χ1n) is 5.78. The fourth-order valence-corrected chi connectivity index (χ4v) is 2.98. The lowest BCUT2D eigenvalue weighted by molar-refractivity contribution is 0.506. The van der Waals surface area contributed by atoms with Crippen molar-refractivity contribution < 1.29 is 17.2 Å². The van der Waals surface area contributed by atoms with Crippen LogP contribution in [0.5, 0.6) is 0 Å². The molecule has 4 nitrogen and oxygen atoms in total. The molecule has 0 radical (unpaired) electrons. The van der Waals surface area contributed by atoms with Gasteiger partial charge in [0.15, 0.2) is 11.6 Å². The number of nitrogen functional groups attached to an aromatic ring is 1. The Balaban J connectivity index is 2.19. The third-order valence-electron chi connectivity index (χ3n) is 2.71. The van der Waals surface area contributed by atoms with E-state index in [1.807, 2.05) is 0 Å². The van der Waals surface area contributed by atoms with Crippen molar-refractivity contribution in [3.8, 4) is 0 Å². The maximum Gasteiger partial charge on any atom is 0.242 e. The van der Waals surface area contributed by atoms with E-state index in [2.05, 4.69) is 4.72 Å². The second-order valence-electron chi connectivity index (χ2n) is 4.26. The van der Waals surface area contributed by atoms with Crippen LogP contribution in [0.15, 0.2) is 41.3 Å². The minimum atomic E-state index is -3.88. The molecule has 3 N–H and O–H groups in total. The van der Waals surface area contributed by atoms with Gasteiger partial charge in [0, 0.05) is 11.6 Å². The number of rotatable bonds is 4. The highest BCUT2D eigenvalue weighted by molar-refractivity contribution is 7.89. The molecular formula is C13H11ClF2N2O2S. The van der Waals surface area contributed by atoms with Crippen LogP contribution in [-0.4, -0.2) is 8.42 Å². The summed E-state index contributed by atoms with van der Waals surface area (Å²) in [7, 11) is -3.88. The van der Waals surface area contributed by atoms with Crippen molar-refractivity contribution in [2.45, 2.75) is 11.4 Å². The largest absolute Gasteiger partial charge is 0.398 e. The minimum Gasteiger partial charge on any atom is -0.398 e. The Morgan fingerprint density at radius 1 is 1.10 bits per heavy atom. The SMILES string of the molecule is Nc1cc(Cl)ccc1S(=O)(=O)NCc1ccc(F)c(F)c1. The molecule has 0 heterocycles. The van der Waals surface area contributed by atoms with Crippen LogP contribution in [0, 0.1) is 11.6 Å². The number of nitrogens with two attached hydrogens (primary N) is 1. The number of halogens is 3. The Labute approximate surface area is 125 Å². The molecule has 0 aliphatic heterocycles. The average molecular weight is 333 g/mol. The first-order valence-corrected chi connectivity index (χ1v) is 7.64. The maximum absolute atomic E-state index is 13.0. The van der Waals surface area contributed by atoms with Gasteiger partial charge in [0.05, 0.1) is 5.69 Å². The van der Waals surface area contributed by atoms with Crippen molar-refractivity contribution in [2.24, 2.45) is 0 Å². The number of sulfonamides is 1. The van der Waals surface area contributed by atoms with Crippen LogP contribution >= 0.6 is 11.6 Å². The molecule has 0 atom stereocenters. The fraction of sp³-hybridized carbons (Fsp3) is 0.0769.